The number of phenols is 1. The van der Waals surface area contributed by atoms with E-state index in [2.05, 4.69) is 10.2 Å². The number of nitrogens with one attached hydrogen (secondary N) is 1. The van der Waals surface area contributed by atoms with Crippen LogP contribution >= 0.6 is 11.6 Å². The van der Waals surface area contributed by atoms with Gasteiger partial charge in [0.15, 0.2) is 0 Å². The molecule has 0 aliphatic carbocycles. The number of ether oxygens (including phenoxy) is 1. The van der Waals surface area contributed by atoms with Gasteiger partial charge in [-0.3, -0.25) is 9.89 Å². The second-order valence-corrected chi connectivity index (χ2v) is 7.72. The number of hydrogen-bond acceptors (Lipinski definition) is 4. The number of nitrogens with zero attached hydrogens (tertiary/aromatic N) is 2. The number of aromatic amines is 1. The zero-order valence-electron chi connectivity index (χ0n) is 16.5. The fraction of sp³-hybridized carbons (Fsp3) is 0.273. The summed E-state index contributed by atoms with van der Waals surface area (Å²) in [6.45, 7) is 4.69. The quantitative estimate of drug-likeness (QED) is 0.658. The molecular formula is C22H22ClN3O3. The molecule has 0 spiro atoms. The Bertz CT molecular complexity index is 1070. The number of carbonyl (C=O) groups excluding carboxylic acids is 1. The number of carbonyl (C=O) groups is 1. The van der Waals surface area contributed by atoms with Crippen LogP contribution in [0.2, 0.25) is 5.02 Å². The Morgan fingerprint density at radius 2 is 2.07 bits per heavy atom. The summed E-state index contributed by atoms with van der Waals surface area (Å²) in [5.41, 5.74) is 5.11. The van der Waals surface area contributed by atoms with E-state index in [1.54, 1.807) is 24.1 Å². The van der Waals surface area contributed by atoms with E-state index >= 15 is 0 Å². The van der Waals surface area contributed by atoms with Gasteiger partial charge in [0, 0.05) is 29.8 Å². The SMILES string of the molecule is COCCN1C(=O)c2[nH]nc(-c3c(C)cc(C)cc3O)c2C1c1cccc(Cl)c1. The molecule has 1 amide bonds. The lowest BCUT2D eigenvalue weighted by atomic mass is 9.93. The Kier molecular flexibility index (Phi) is 5.06. The van der Waals surface area contributed by atoms with Gasteiger partial charge in [-0.1, -0.05) is 29.8 Å². The normalized spacial score (nSPS) is 15.8. The smallest absolute Gasteiger partial charge is 0.273 e. The third kappa shape index (κ3) is 3.28. The zero-order chi connectivity index (χ0) is 20.7. The van der Waals surface area contributed by atoms with Crippen LogP contribution in [0.1, 0.15) is 38.8 Å². The number of fused-ring (bicyclic) bond motifs is 1. The van der Waals surface area contributed by atoms with E-state index in [-0.39, 0.29) is 17.7 Å². The molecule has 7 heteroatoms. The minimum atomic E-state index is -0.375. The highest BCUT2D eigenvalue weighted by atomic mass is 35.5. The van der Waals surface area contributed by atoms with Gasteiger partial charge >= 0.3 is 0 Å². The Labute approximate surface area is 174 Å². The average molecular weight is 412 g/mol. The summed E-state index contributed by atoms with van der Waals surface area (Å²) in [4.78, 5) is 14.9. The number of aromatic hydroxyl groups is 1. The minimum absolute atomic E-state index is 0.143. The molecule has 0 radical (unpaired) electrons. The van der Waals surface area contributed by atoms with Gasteiger partial charge in [-0.2, -0.15) is 5.10 Å². The largest absolute Gasteiger partial charge is 0.507 e. The van der Waals surface area contributed by atoms with Crippen LogP contribution in [-0.2, 0) is 4.74 Å². The third-order valence-electron chi connectivity index (χ3n) is 5.26. The molecule has 2 heterocycles. The van der Waals surface area contributed by atoms with Crippen molar-refractivity contribution in [2.75, 3.05) is 20.3 Å². The van der Waals surface area contributed by atoms with Crippen molar-refractivity contribution in [3.63, 3.8) is 0 Å². The lowest BCUT2D eigenvalue weighted by molar-refractivity contribution is 0.0677. The van der Waals surface area contributed by atoms with E-state index in [0.717, 1.165) is 22.3 Å². The molecule has 1 aliphatic rings. The number of halogens is 1. The van der Waals surface area contributed by atoms with Crippen LogP contribution in [0.25, 0.3) is 11.3 Å². The number of rotatable bonds is 5. The highest BCUT2D eigenvalue weighted by Gasteiger charge is 2.42. The summed E-state index contributed by atoms with van der Waals surface area (Å²) in [7, 11) is 1.61. The molecule has 0 fully saturated rings. The van der Waals surface area contributed by atoms with E-state index in [9.17, 15) is 9.90 Å². The first-order valence-electron chi connectivity index (χ1n) is 9.36. The van der Waals surface area contributed by atoms with E-state index < -0.39 is 0 Å². The molecule has 0 saturated carbocycles. The van der Waals surface area contributed by atoms with Gasteiger partial charge in [0.05, 0.1) is 12.6 Å². The Morgan fingerprint density at radius 3 is 2.76 bits per heavy atom. The van der Waals surface area contributed by atoms with Gasteiger partial charge in [-0.25, -0.2) is 0 Å². The van der Waals surface area contributed by atoms with Crippen molar-refractivity contribution in [2.45, 2.75) is 19.9 Å². The van der Waals surface area contributed by atoms with Crippen LogP contribution in [0.3, 0.4) is 0 Å². The van der Waals surface area contributed by atoms with Crippen molar-refractivity contribution in [1.82, 2.24) is 15.1 Å². The second-order valence-electron chi connectivity index (χ2n) is 7.29. The summed E-state index contributed by atoms with van der Waals surface area (Å²) in [5.74, 6) is -0.00513. The third-order valence-corrected chi connectivity index (χ3v) is 5.50. The molecule has 0 saturated heterocycles. The Hall–Kier alpha value is -2.83. The number of methoxy groups -OCH3 is 1. The number of H-pyrrole nitrogens is 1. The number of benzene rings is 2. The maximum Gasteiger partial charge on any atom is 0.273 e. The molecule has 6 nitrogen and oxygen atoms in total. The van der Waals surface area contributed by atoms with Gasteiger partial charge in [0.1, 0.15) is 17.1 Å². The minimum Gasteiger partial charge on any atom is -0.507 e. The average Bonchev–Trinajstić information content (AvgIpc) is 3.19. The molecule has 2 aromatic carbocycles. The summed E-state index contributed by atoms with van der Waals surface area (Å²) >= 11 is 6.25. The molecule has 2 N–H and O–H groups in total. The molecule has 3 aromatic rings. The van der Waals surface area contributed by atoms with Crippen molar-refractivity contribution in [1.29, 1.82) is 0 Å². The number of amides is 1. The fourth-order valence-electron chi connectivity index (χ4n) is 4.08. The van der Waals surface area contributed by atoms with Gasteiger partial charge in [-0.15, -0.1) is 0 Å². The van der Waals surface area contributed by atoms with Crippen LogP contribution in [0.5, 0.6) is 5.75 Å². The summed E-state index contributed by atoms with van der Waals surface area (Å²) < 4.78 is 5.22. The molecule has 4 rings (SSSR count). The lowest BCUT2D eigenvalue weighted by Gasteiger charge is -2.26. The lowest BCUT2D eigenvalue weighted by Crippen LogP contribution is -2.32. The van der Waals surface area contributed by atoms with Crippen molar-refractivity contribution >= 4 is 17.5 Å². The summed E-state index contributed by atoms with van der Waals surface area (Å²) in [5, 5.41) is 18.6. The topological polar surface area (TPSA) is 78.5 Å². The van der Waals surface area contributed by atoms with Gasteiger partial charge < -0.3 is 14.7 Å². The number of phenolic OH excluding ortho intramolecular Hbond substituents is 1. The van der Waals surface area contributed by atoms with Crippen LogP contribution in [0.4, 0.5) is 0 Å². The molecule has 1 aliphatic heterocycles. The summed E-state index contributed by atoms with van der Waals surface area (Å²) in [6.07, 6.45) is 0. The zero-order valence-corrected chi connectivity index (χ0v) is 17.2. The van der Waals surface area contributed by atoms with Gasteiger partial charge in [0.25, 0.3) is 5.91 Å². The maximum atomic E-state index is 13.1. The Balaban J connectivity index is 1.92. The highest BCUT2D eigenvalue weighted by molar-refractivity contribution is 6.30. The molecule has 150 valence electrons. The van der Waals surface area contributed by atoms with Crippen LogP contribution in [0, 0.1) is 13.8 Å². The van der Waals surface area contributed by atoms with Crippen molar-refractivity contribution < 1.29 is 14.6 Å². The van der Waals surface area contributed by atoms with Crippen molar-refractivity contribution in [2.24, 2.45) is 0 Å². The van der Waals surface area contributed by atoms with Crippen molar-refractivity contribution in [3.05, 3.63) is 69.4 Å². The highest BCUT2D eigenvalue weighted by Crippen LogP contribution is 2.45. The number of aromatic nitrogens is 2. The molecule has 1 atom stereocenters. The summed E-state index contributed by atoms with van der Waals surface area (Å²) in [6, 6.07) is 10.8. The fourth-order valence-corrected chi connectivity index (χ4v) is 4.28. The molecule has 0 bridgehead atoms. The molecule has 1 unspecified atom stereocenters. The van der Waals surface area contributed by atoms with E-state index in [4.69, 9.17) is 16.3 Å². The molecule has 1 aromatic heterocycles. The van der Waals surface area contributed by atoms with Gasteiger partial charge in [0.2, 0.25) is 0 Å². The first-order valence-corrected chi connectivity index (χ1v) is 9.74. The number of aryl methyl sites for hydroxylation is 2. The standard InChI is InChI=1S/C22H22ClN3O3/c1-12-9-13(2)17(16(27)10-12)19-18-20(25-24-19)22(28)26(7-8-29-3)21(18)14-5-4-6-15(23)11-14/h4-6,9-11,21,27H,7-8H2,1-3H3,(H,24,25). The van der Waals surface area contributed by atoms with E-state index in [0.29, 0.717) is 35.1 Å². The molecule has 29 heavy (non-hydrogen) atoms. The maximum absolute atomic E-state index is 13.1. The predicted molar refractivity (Wildman–Crippen MR) is 111 cm³/mol. The van der Waals surface area contributed by atoms with Crippen LogP contribution < -0.4 is 0 Å². The second kappa shape index (κ2) is 7.54. The number of hydrogen-bond donors (Lipinski definition) is 2. The van der Waals surface area contributed by atoms with E-state index in [1.807, 2.05) is 38.1 Å². The monoisotopic (exact) mass is 411 g/mol. The first-order chi connectivity index (χ1) is 13.9. The van der Waals surface area contributed by atoms with Crippen LogP contribution in [0.15, 0.2) is 36.4 Å². The van der Waals surface area contributed by atoms with Gasteiger partial charge in [-0.05, 0) is 48.7 Å². The predicted octanol–water partition coefficient (Wildman–Crippen LogP) is 4.24. The Morgan fingerprint density at radius 1 is 1.28 bits per heavy atom. The van der Waals surface area contributed by atoms with Crippen molar-refractivity contribution in [3.8, 4) is 17.0 Å². The van der Waals surface area contributed by atoms with E-state index in [1.165, 1.54) is 0 Å². The molecular weight excluding hydrogens is 390 g/mol. The van der Waals surface area contributed by atoms with Crippen LogP contribution in [-0.4, -0.2) is 46.4 Å². The first kappa shape index (κ1) is 19.5.